The number of ether oxygens (including phenoxy) is 2. The number of nitrogens with one attached hydrogen (secondary N) is 1. The molecule has 2 aromatic rings. The molecule has 11 heteroatoms. The van der Waals surface area contributed by atoms with E-state index in [0.29, 0.717) is 10.6 Å². The van der Waals surface area contributed by atoms with E-state index in [2.05, 4.69) is 5.32 Å². The van der Waals surface area contributed by atoms with Crippen LogP contribution in [0.5, 0.6) is 5.75 Å². The maximum Gasteiger partial charge on any atom is 0.344 e. The highest BCUT2D eigenvalue weighted by Gasteiger charge is 2.36. The molecule has 0 bridgehead atoms. The number of benzene rings is 2. The van der Waals surface area contributed by atoms with Crippen LogP contribution in [0.1, 0.15) is 12.5 Å². The Morgan fingerprint density at radius 1 is 1.06 bits per heavy atom. The van der Waals surface area contributed by atoms with E-state index in [1.165, 1.54) is 42.5 Å². The summed E-state index contributed by atoms with van der Waals surface area (Å²) in [5.41, 5.74) is 0.216. The molecular formula is C21H15Cl3N2O6. The highest BCUT2D eigenvalue weighted by Crippen LogP contribution is 2.35. The predicted molar refractivity (Wildman–Crippen MR) is 119 cm³/mol. The number of nitrogens with zero attached hydrogens (tertiary/aromatic N) is 1. The maximum absolute atomic E-state index is 12.9. The molecule has 0 aliphatic carbocycles. The number of anilines is 1. The lowest BCUT2D eigenvalue weighted by Crippen LogP contribution is -2.54. The van der Waals surface area contributed by atoms with Gasteiger partial charge in [0.05, 0.1) is 22.3 Å². The summed E-state index contributed by atoms with van der Waals surface area (Å²) in [6, 6.07) is 7.85. The van der Waals surface area contributed by atoms with Gasteiger partial charge in [0.2, 0.25) is 0 Å². The summed E-state index contributed by atoms with van der Waals surface area (Å²) in [6.07, 6.45) is 1.24. The largest absolute Gasteiger partial charge is 0.479 e. The van der Waals surface area contributed by atoms with E-state index in [9.17, 15) is 19.2 Å². The monoisotopic (exact) mass is 496 g/mol. The molecule has 1 heterocycles. The summed E-state index contributed by atoms with van der Waals surface area (Å²) >= 11 is 18.2. The van der Waals surface area contributed by atoms with Gasteiger partial charge in [0.25, 0.3) is 11.8 Å². The molecule has 1 N–H and O–H groups in total. The third-order valence-electron chi connectivity index (χ3n) is 4.16. The first-order valence-corrected chi connectivity index (χ1v) is 10.3. The number of urea groups is 1. The first kappa shape index (κ1) is 23.6. The van der Waals surface area contributed by atoms with Crippen LogP contribution >= 0.6 is 34.8 Å². The molecule has 166 valence electrons. The topological polar surface area (TPSA) is 102 Å². The molecule has 0 aromatic heterocycles. The molecule has 0 spiro atoms. The van der Waals surface area contributed by atoms with Crippen molar-refractivity contribution in [1.29, 1.82) is 0 Å². The standard InChI is InChI=1S/C21H15Cl3N2O6/c1-2-31-17(27)10-32-18-15(23)8-11(9-16(18)24)7-14-19(28)25-21(30)26(20(14)29)13-5-3-12(22)4-6-13/h3-9H,2,10H2,1H3,(H,25,28,30). The Morgan fingerprint density at radius 2 is 1.69 bits per heavy atom. The summed E-state index contributed by atoms with van der Waals surface area (Å²) in [4.78, 5) is 49.7. The normalized spacial score (nSPS) is 15.1. The van der Waals surface area contributed by atoms with Crippen LogP contribution in [0.4, 0.5) is 10.5 Å². The van der Waals surface area contributed by atoms with E-state index in [1.54, 1.807) is 6.92 Å². The van der Waals surface area contributed by atoms with Crippen LogP contribution in [0.3, 0.4) is 0 Å². The Balaban J connectivity index is 1.89. The van der Waals surface area contributed by atoms with Crippen LogP contribution in [0.15, 0.2) is 42.0 Å². The molecule has 0 unspecified atom stereocenters. The summed E-state index contributed by atoms with van der Waals surface area (Å²) in [7, 11) is 0. The molecule has 0 radical (unpaired) electrons. The fourth-order valence-electron chi connectivity index (χ4n) is 2.78. The number of amides is 4. The van der Waals surface area contributed by atoms with Crippen molar-refractivity contribution in [1.82, 2.24) is 5.32 Å². The number of esters is 1. The Morgan fingerprint density at radius 3 is 2.28 bits per heavy atom. The highest BCUT2D eigenvalue weighted by molar-refractivity contribution is 6.40. The first-order chi connectivity index (χ1) is 15.2. The zero-order valence-corrected chi connectivity index (χ0v) is 18.8. The van der Waals surface area contributed by atoms with Gasteiger partial charge in [-0.05, 0) is 55.0 Å². The van der Waals surface area contributed by atoms with E-state index < -0.39 is 30.4 Å². The molecule has 8 nitrogen and oxygen atoms in total. The Kier molecular flexibility index (Phi) is 7.40. The number of hydrogen-bond donors (Lipinski definition) is 1. The van der Waals surface area contributed by atoms with Crippen molar-refractivity contribution in [3.63, 3.8) is 0 Å². The number of carbonyl (C=O) groups excluding carboxylic acids is 4. The van der Waals surface area contributed by atoms with E-state index in [-0.39, 0.29) is 33.7 Å². The minimum Gasteiger partial charge on any atom is -0.479 e. The van der Waals surface area contributed by atoms with Crippen LogP contribution in [0.25, 0.3) is 6.08 Å². The van der Waals surface area contributed by atoms with Gasteiger partial charge in [-0.3, -0.25) is 14.9 Å². The number of halogens is 3. The molecule has 32 heavy (non-hydrogen) atoms. The summed E-state index contributed by atoms with van der Waals surface area (Å²) < 4.78 is 10.1. The van der Waals surface area contributed by atoms with Crippen molar-refractivity contribution in [3.05, 3.63) is 62.6 Å². The number of hydrogen-bond acceptors (Lipinski definition) is 6. The highest BCUT2D eigenvalue weighted by atomic mass is 35.5. The van der Waals surface area contributed by atoms with E-state index >= 15 is 0 Å². The second kappa shape index (κ2) is 10.0. The van der Waals surface area contributed by atoms with Crippen LogP contribution in [0.2, 0.25) is 15.1 Å². The number of imide groups is 2. The van der Waals surface area contributed by atoms with Crippen LogP contribution in [-0.4, -0.2) is 37.0 Å². The van der Waals surface area contributed by atoms with Gasteiger partial charge in [-0.15, -0.1) is 0 Å². The molecule has 4 amide bonds. The Labute approximate surface area is 197 Å². The van der Waals surface area contributed by atoms with Crippen molar-refractivity contribution in [2.24, 2.45) is 0 Å². The van der Waals surface area contributed by atoms with Crippen LogP contribution < -0.4 is 15.0 Å². The van der Waals surface area contributed by atoms with Crippen molar-refractivity contribution < 1.29 is 28.7 Å². The minimum atomic E-state index is -0.891. The number of barbiturate groups is 1. The molecule has 1 saturated heterocycles. The third kappa shape index (κ3) is 5.21. The molecule has 0 saturated carbocycles. The van der Waals surface area contributed by atoms with Gasteiger partial charge >= 0.3 is 12.0 Å². The zero-order valence-electron chi connectivity index (χ0n) is 16.5. The van der Waals surface area contributed by atoms with Gasteiger partial charge in [-0.2, -0.15) is 0 Å². The molecule has 3 rings (SSSR count). The average Bonchev–Trinajstić information content (AvgIpc) is 2.72. The quantitative estimate of drug-likeness (QED) is 0.364. The van der Waals surface area contributed by atoms with E-state index in [1.807, 2.05) is 0 Å². The van der Waals surface area contributed by atoms with Gasteiger partial charge in [-0.1, -0.05) is 34.8 Å². The molecule has 1 aliphatic heterocycles. The van der Waals surface area contributed by atoms with E-state index in [4.69, 9.17) is 44.3 Å². The third-order valence-corrected chi connectivity index (χ3v) is 4.97. The Hall–Kier alpha value is -3.07. The van der Waals surface area contributed by atoms with Crippen molar-refractivity contribution in [2.45, 2.75) is 6.92 Å². The van der Waals surface area contributed by atoms with Gasteiger partial charge in [0.15, 0.2) is 12.4 Å². The van der Waals surface area contributed by atoms with Gasteiger partial charge in [0.1, 0.15) is 5.57 Å². The lowest BCUT2D eigenvalue weighted by atomic mass is 10.1. The SMILES string of the molecule is CCOC(=O)COc1c(Cl)cc(C=C2C(=O)NC(=O)N(c3ccc(Cl)cc3)C2=O)cc1Cl. The van der Waals surface area contributed by atoms with Crippen LogP contribution in [-0.2, 0) is 19.1 Å². The van der Waals surface area contributed by atoms with E-state index in [0.717, 1.165) is 4.90 Å². The fraction of sp³-hybridized carbons (Fsp3) is 0.143. The van der Waals surface area contributed by atoms with Gasteiger partial charge in [0, 0.05) is 5.02 Å². The lowest BCUT2D eigenvalue weighted by molar-refractivity contribution is -0.145. The van der Waals surface area contributed by atoms with Crippen molar-refractivity contribution >= 4 is 70.4 Å². The van der Waals surface area contributed by atoms with Gasteiger partial charge in [-0.25, -0.2) is 14.5 Å². The second-order valence-electron chi connectivity index (χ2n) is 6.34. The summed E-state index contributed by atoms with van der Waals surface area (Å²) in [5.74, 6) is -2.26. The second-order valence-corrected chi connectivity index (χ2v) is 7.59. The minimum absolute atomic E-state index is 0.0425. The Bertz CT molecular complexity index is 1110. The number of rotatable bonds is 6. The molecular weight excluding hydrogens is 483 g/mol. The predicted octanol–water partition coefficient (Wildman–Crippen LogP) is 4.26. The number of carbonyl (C=O) groups is 4. The lowest BCUT2D eigenvalue weighted by Gasteiger charge is -2.26. The maximum atomic E-state index is 12.9. The zero-order chi connectivity index (χ0) is 23.4. The molecule has 1 fully saturated rings. The molecule has 0 atom stereocenters. The average molecular weight is 498 g/mol. The molecule has 1 aliphatic rings. The summed E-state index contributed by atoms with van der Waals surface area (Å²) in [5, 5.41) is 2.62. The first-order valence-electron chi connectivity index (χ1n) is 9.15. The molecule has 2 aromatic carbocycles. The summed E-state index contributed by atoms with van der Waals surface area (Å²) in [6.45, 7) is 1.46. The van der Waals surface area contributed by atoms with Crippen molar-refractivity contribution in [2.75, 3.05) is 18.1 Å². The van der Waals surface area contributed by atoms with Crippen LogP contribution in [0, 0.1) is 0 Å². The smallest absolute Gasteiger partial charge is 0.344 e. The fourth-order valence-corrected chi connectivity index (χ4v) is 3.52. The van der Waals surface area contributed by atoms with Crippen molar-refractivity contribution in [3.8, 4) is 5.75 Å². The van der Waals surface area contributed by atoms with Gasteiger partial charge < -0.3 is 9.47 Å².